The van der Waals surface area contributed by atoms with E-state index in [4.69, 9.17) is 0 Å². The van der Waals surface area contributed by atoms with E-state index in [1.165, 1.54) is 37.3 Å². The highest BCUT2D eigenvalue weighted by Gasteiger charge is 2.29. The molecule has 0 radical (unpaired) electrons. The Labute approximate surface area is 99.5 Å². The van der Waals surface area contributed by atoms with E-state index in [-0.39, 0.29) is 22.4 Å². The molecule has 0 atom stereocenters. The van der Waals surface area contributed by atoms with Crippen LogP contribution in [0.15, 0.2) is 34.9 Å². The molecule has 7 heteroatoms. The number of hydrogen-bond acceptors (Lipinski definition) is 3. The Bertz CT molecular complexity index is 457. The Balaban J connectivity index is 2.94. The summed E-state index contributed by atoms with van der Waals surface area (Å²) in [6, 6.07) is 5.49. The van der Waals surface area contributed by atoms with Gasteiger partial charge in [-0.05, 0) is 29.5 Å². The number of nitro groups is 1. The smallest absolute Gasteiger partial charge is 0.259 e. The minimum absolute atomic E-state index is 0.00222. The lowest BCUT2D eigenvalue weighted by molar-refractivity contribution is -0.422. The molecular formula is C10H8F3NO2S. The molecule has 0 unspecified atom stereocenters. The molecular weight excluding hydrogens is 255 g/mol. The van der Waals surface area contributed by atoms with E-state index in [2.05, 4.69) is 0 Å². The topological polar surface area (TPSA) is 43.1 Å². The first-order valence-corrected chi connectivity index (χ1v) is 5.28. The number of allylic oxidation sites excluding steroid dienone is 1. The molecule has 0 saturated carbocycles. The van der Waals surface area contributed by atoms with E-state index in [0.29, 0.717) is 5.56 Å². The van der Waals surface area contributed by atoms with Crippen molar-refractivity contribution in [2.45, 2.75) is 17.3 Å². The summed E-state index contributed by atoms with van der Waals surface area (Å²) in [5, 5.41) is 10.4. The van der Waals surface area contributed by atoms with Gasteiger partial charge >= 0.3 is 5.51 Å². The van der Waals surface area contributed by atoms with Crippen LogP contribution in [0.3, 0.4) is 0 Å². The van der Waals surface area contributed by atoms with E-state index < -0.39 is 10.4 Å². The standard InChI is InChI=1S/C10H8F3NO2S/c1-7(14(15)16)5-8-3-2-4-9(6-8)17-10(11,12)13/h2-6H,1H3/b7-5+. The minimum atomic E-state index is -4.36. The van der Waals surface area contributed by atoms with Crippen LogP contribution in [-0.2, 0) is 0 Å². The molecule has 17 heavy (non-hydrogen) atoms. The summed E-state index contributed by atoms with van der Waals surface area (Å²) in [6.07, 6.45) is 1.22. The average Bonchev–Trinajstić information content (AvgIpc) is 2.15. The Morgan fingerprint density at radius 2 is 2.12 bits per heavy atom. The first kappa shape index (κ1) is 13.6. The highest BCUT2D eigenvalue weighted by molar-refractivity contribution is 8.00. The third-order valence-corrected chi connectivity index (χ3v) is 2.48. The van der Waals surface area contributed by atoms with Gasteiger partial charge in [-0.15, -0.1) is 0 Å². The first-order valence-electron chi connectivity index (χ1n) is 4.46. The number of thioether (sulfide) groups is 1. The van der Waals surface area contributed by atoms with Gasteiger partial charge in [0.05, 0.1) is 4.92 Å². The molecule has 3 nitrogen and oxygen atoms in total. The van der Waals surface area contributed by atoms with E-state index in [1.54, 1.807) is 0 Å². The number of benzene rings is 1. The Hall–Kier alpha value is -1.50. The fourth-order valence-corrected chi connectivity index (χ4v) is 1.70. The summed E-state index contributed by atoms with van der Waals surface area (Å²) in [7, 11) is 0. The number of hydrogen-bond donors (Lipinski definition) is 0. The van der Waals surface area contributed by atoms with Crippen molar-refractivity contribution in [3.8, 4) is 0 Å². The molecule has 0 spiro atoms. The lowest BCUT2D eigenvalue weighted by Crippen LogP contribution is -1.99. The van der Waals surface area contributed by atoms with Crippen LogP contribution >= 0.6 is 11.8 Å². The molecule has 0 heterocycles. The fourth-order valence-electron chi connectivity index (χ4n) is 1.10. The van der Waals surface area contributed by atoms with Crippen molar-refractivity contribution in [1.82, 2.24) is 0 Å². The van der Waals surface area contributed by atoms with Gasteiger partial charge in [0.2, 0.25) is 5.70 Å². The van der Waals surface area contributed by atoms with Gasteiger partial charge in [0, 0.05) is 17.9 Å². The zero-order valence-electron chi connectivity index (χ0n) is 8.69. The van der Waals surface area contributed by atoms with Gasteiger partial charge < -0.3 is 0 Å². The second-order valence-electron chi connectivity index (χ2n) is 3.16. The third kappa shape index (κ3) is 4.90. The molecule has 1 rings (SSSR count). The molecule has 0 amide bonds. The van der Waals surface area contributed by atoms with E-state index in [0.717, 1.165) is 0 Å². The minimum Gasteiger partial charge on any atom is -0.259 e. The maximum Gasteiger partial charge on any atom is 0.446 e. The SMILES string of the molecule is C/C(=C\c1cccc(SC(F)(F)F)c1)[N+](=O)[O-]. The molecule has 1 aromatic rings. The maximum absolute atomic E-state index is 12.1. The highest BCUT2D eigenvalue weighted by Crippen LogP contribution is 2.37. The summed E-state index contributed by atoms with van der Waals surface area (Å²) in [5.41, 5.74) is -4.12. The quantitative estimate of drug-likeness (QED) is 0.471. The van der Waals surface area contributed by atoms with Gasteiger partial charge in [-0.1, -0.05) is 12.1 Å². The normalized spacial score (nSPS) is 12.6. The van der Waals surface area contributed by atoms with E-state index >= 15 is 0 Å². The summed E-state index contributed by atoms with van der Waals surface area (Å²) in [4.78, 5) is 9.78. The van der Waals surface area contributed by atoms with Crippen molar-refractivity contribution in [3.63, 3.8) is 0 Å². The molecule has 0 aliphatic rings. The van der Waals surface area contributed by atoms with Crippen LogP contribution in [0.25, 0.3) is 6.08 Å². The lowest BCUT2D eigenvalue weighted by Gasteiger charge is -2.05. The van der Waals surface area contributed by atoms with Crippen molar-refractivity contribution in [1.29, 1.82) is 0 Å². The zero-order valence-corrected chi connectivity index (χ0v) is 9.51. The summed E-state index contributed by atoms with van der Waals surface area (Å²) >= 11 is -0.249. The van der Waals surface area contributed by atoms with Crippen molar-refractivity contribution >= 4 is 17.8 Å². The number of alkyl halides is 3. The van der Waals surface area contributed by atoms with Crippen molar-refractivity contribution in [3.05, 3.63) is 45.6 Å². The third-order valence-electron chi connectivity index (χ3n) is 1.76. The lowest BCUT2D eigenvalue weighted by atomic mass is 10.2. The van der Waals surface area contributed by atoms with E-state index in [9.17, 15) is 23.3 Å². The molecule has 0 bridgehead atoms. The number of halogens is 3. The van der Waals surface area contributed by atoms with Crippen molar-refractivity contribution in [2.75, 3.05) is 0 Å². The van der Waals surface area contributed by atoms with Gasteiger partial charge in [-0.2, -0.15) is 13.2 Å². The van der Waals surface area contributed by atoms with Crippen LogP contribution in [0, 0.1) is 10.1 Å². The Kier molecular flexibility index (Phi) is 4.17. The highest BCUT2D eigenvalue weighted by atomic mass is 32.2. The molecule has 0 aliphatic carbocycles. The second kappa shape index (κ2) is 5.22. The van der Waals surface area contributed by atoms with Gasteiger partial charge in [0.15, 0.2) is 0 Å². The fraction of sp³-hybridized carbons (Fsp3) is 0.200. The molecule has 1 aromatic carbocycles. The number of rotatable bonds is 3. The Morgan fingerprint density at radius 1 is 1.47 bits per heavy atom. The first-order chi connectivity index (χ1) is 7.78. The van der Waals surface area contributed by atoms with E-state index in [1.807, 2.05) is 0 Å². The monoisotopic (exact) mass is 263 g/mol. The van der Waals surface area contributed by atoms with Crippen LogP contribution in [0.1, 0.15) is 12.5 Å². The predicted molar refractivity (Wildman–Crippen MR) is 59.0 cm³/mol. The average molecular weight is 263 g/mol. The van der Waals surface area contributed by atoms with Gasteiger partial charge in [0.1, 0.15) is 0 Å². The van der Waals surface area contributed by atoms with Crippen molar-refractivity contribution < 1.29 is 18.1 Å². The summed E-state index contributed by atoms with van der Waals surface area (Å²) in [5.74, 6) is 0. The number of nitrogens with zero attached hydrogens (tertiary/aromatic N) is 1. The molecule has 0 aromatic heterocycles. The zero-order chi connectivity index (χ0) is 13.1. The van der Waals surface area contributed by atoms with Gasteiger partial charge in [-0.25, -0.2) is 0 Å². The Morgan fingerprint density at radius 3 is 2.65 bits per heavy atom. The van der Waals surface area contributed by atoms with Gasteiger partial charge in [-0.3, -0.25) is 10.1 Å². The largest absolute Gasteiger partial charge is 0.446 e. The maximum atomic E-state index is 12.1. The molecule has 0 aliphatic heterocycles. The van der Waals surface area contributed by atoms with Crippen LogP contribution in [0.4, 0.5) is 13.2 Å². The van der Waals surface area contributed by atoms with Crippen LogP contribution in [0.5, 0.6) is 0 Å². The summed E-state index contributed by atoms with van der Waals surface area (Å²) < 4.78 is 36.3. The van der Waals surface area contributed by atoms with Crippen LogP contribution in [-0.4, -0.2) is 10.4 Å². The molecule has 0 N–H and O–H groups in total. The van der Waals surface area contributed by atoms with Crippen LogP contribution in [0.2, 0.25) is 0 Å². The predicted octanol–water partition coefficient (Wildman–Crippen LogP) is 3.94. The molecule has 0 saturated heterocycles. The van der Waals surface area contributed by atoms with Crippen LogP contribution < -0.4 is 0 Å². The van der Waals surface area contributed by atoms with Crippen molar-refractivity contribution in [2.24, 2.45) is 0 Å². The molecule has 92 valence electrons. The second-order valence-corrected chi connectivity index (χ2v) is 4.30. The molecule has 0 fully saturated rings. The summed E-state index contributed by atoms with van der Waals surface area (Å²) in [6.45, 7) is 1.28. The van der Waals surface area contributed by atoms with Gasteiger partial charge in [0.25, 0.3) is 0 Å².